The van der Waals surface area contributed by atoms with E-state index in [0.29, 0.717) is 6.42 Å². The maximum atomic E-state index is 12.9. The molecule has 0 radical (unpaired) electrons. The van der Waals surface area contributed by atoms with Gasteiger partial charge in [-0.2, -0.15) is 0 Å². The van der Waals surface area contributed by atoms with Gasteiger partial charge in [-0.3, -0.25) is 4.79 Å². The second-order valence-electron chi connectivity index (χ2n) is 5.67. The number of nitrogens with zero attached hydrogens (tertiary/aromatic N) is 1. The third kappa shape index (κ3) is 7.56. The van der Waals surface area contributed by atoms with Crippen LogP contribution in [-0.4, -0.2) is 44.0 Å². The molecule has 0 fully saturated rings. The molecule has 1 atom stereocenters. The number of amides is 1. The van der Waals surface area contributed by atoms with Crippen molar-refractivity contribution < 1.29 is 17.6 Å². The molecule has 0 saturated carbocycles. The number of hydrogen-bond donors (Lipinski definition) is 1. The predicted molar refractivity (Wildman–Crippen MR) is 89.0 cm³/mol. The number of hydrogen-bond acceptors (Lipinski definition) is 3. The Balaban J connectivity index is 2.56. The Labute approximate surface area is 137 Å². The molecule has 1 N–H and O–H groups in total. The zero-order valence-electron chi connectivity index (χ0n) is 13.9. The van der Waals surface area contributed by atoms with Crippen molar-refractivity contribution in [3.63, 3.8) is 0 Å². The summed E-state index contributed by atoms with van der Waals surface area (Å²) in [6.07, 6.45) is 2.55. The fourth-order valence-corrected chi connectivity index (χ4v) is 2.87. The van der Waals surface area contributed by atoms with E-state index in [0.717, 1.165) is 18.2 Å². The molecular weight excluding hydrogens is 319 g/mol. The van der Waals surface area contributed by atoms with Gasteiger partial charge in [-0.1, -0.05) is 19.1 Å². The summed E-state index contributed by atoms with van der Waals surface area (Å²) in [6, 6.07) is 6.03. The van der Waals surface area contributed by atoms with Crippen molar-refractivity contribution in [2.75, 3.05) is 19.3 Å². The number of sulfonamides is 1. The van der Waals surface area contributed by atoms with Crippen molar-refractivity contribution in [2.24, 2.45) is 0 Å². The molecule has 0 heterocycles. The summed E-state index contributed by atoms with van der Waals surface area (Å²) in [5.74, 6) is -0.481. The molecule has 0 bridgehead atoms. The molecule has 0 aliphatic carbocycles. The average molecular weight is 344 g/mol. The van der Waals surface area contributed by atoms with Crippen molar-refractivity contribution >= 4 is 15.9 Å². The largest absolute Gasteiger partial charge is 0.354 e. The number of benzene rings is 1. The van der Waals surface area contributed by atoms with Crippen LogP contribution in [0.4, 0.5) is 4.39 Å². The summed E-state index contributed by atoms with van der Waals surface area (Å²) >= 11 is 0. The molecule has 130 valence electrons. The first-order valence-corrected chi connectivity index (χ1v) is 9.56. The molecule has 1 amide bonds. The molecule has 7 heteroatoms. The second-order valence-corrected chi connectivity index (χ2v) is 7.65. The van der Waals surface area contributed by atoms with E-state index in [1.165, 1.54) is 16.4 Å². The Morgan fingerprint density at radius 3 is 2.39 bits per heavy atom. The van der Waals surface area contributed by atoms with Crippen LogP contribution in [0.25, 0.3) is 0 Å². The fourth-order valence-electron chi connectivity index (χ4n) is 2.02. The van der Waals surface area contributed by atoms with Gasteiger partial charge in [-0.15, -0.1) is 0 Å². The van der Waals surface area contributed by atoms with E-state index < -0.39 is 10.0 Å². The summed E-state index contributed by atoms with van der Waals surface area (Å²) in [5.41, 5.74) is 0.851. The van der Waals surface area contributed by atoms with Crippen LogP contribution in [0.5, 0.6) is 0 Å². The molecule has 0 saturated heterocycles. The highest BCUT2D eigenvalue weighted by molar-refractivity contribution is 7.88. The number of carbonyl (C=O) groups is 1. The van der Waals surface area contributed by atoms with E-state index in [2.05, 4.69) is 5.32 Å². The van der Waals surface area contributed by atoms with Crippen LogP contribution in [0, 0.1) is 5.82 Å². The minimum Gasteiger partial charge on any atom is -0.354 e. The second kappa shape index (κ2) is 8.98. The lowest BCUT2D eigenvalue weighted by Crippen LogP contribution is -2.38. The molecule has 1 unspecified atom stereocenters. The van der Waals surface area contributed by atoms with Crippen LogP contribution in [0.15, 0.2) is 24.3 Å². The Bertz CT molecular complexity index is 602. The van der Waals surface area contributed by atoms with E-state index in [1.54, 1.807) is 12.1 Å². The molecule has 0 aliphatic rings. The lowest BCUT2D eigenvalue weighted by atomic mass is 10.1. The van der Waals surface area contributed by atoms with Gasteiger partial charge in [0.15, 0.2) is 0 Å². The first kappa shape index (κ1) is 19.6. The van der Waals surface area contributed by atoms with Crippen LogP contribution < -0.4 is 5.32 Å². The van der Waals surface area contributed by atoms with E-state index in [-0.39, 0.29) is 37.3 Å². The number of nitrogens with one attached hydrogen (secondary N) is 1. The fraction of sp³-hybridized carbons (Fsp3) is 0.562. The van der Waals surface area contributed by atoms with Gasteiger partial charge in [0.25, 0.3) is 0 Å². The normalized spacial score (nSPS) is 13.1. The van der Waals surface area contributed by atoms with Gasteiger partial charge in [-0.25, -0.2) is 17.1 Å². The molecule has 1 aromatic rings. The van der Waals surface area contributed by atoms with Gasteiger partial charge in [0, 0.05) is 25.6 Å². The number of carbonyl (C=O) groups excluding carboxylic acids is 1. The van der Waals surface area contributed by atoms with Crippen molar-refractivity contribution in [3.8, 4) is 0 Å². The van der Waals surface area contributed by atoms with E-state index >= 15 is 0 Å². The first-order valence-electron chi connectivity index (χ1n) is 7.71. The van der Waals surface area contributed by atoms with Crippen LogP contribution in [0.1, 0.15) is 32.3 Å². The summed E-state index contributed by atoms with van der Waals surface area (Å²) in [7, 11) is -3.39. The molecule has 0 aliphatic heterocycles. The van der Waals surface area contributed by atoms with Crippen molar-refractivity contribution in [1.29, 1.82) is 0 Å². The van der Waals surface area contributed by atoms with Crippen molar-refractivity contribution in [1.82, 2.24) is 9.62 Å². The third-order valence-electron chi connectivity index (χ3n) is 3.64. The number of rotatable bonds is 9. The SMILES string of the molecule is CCC(C)NC(=O)CCN(CCc1ccc(F)cc1)S(C)(=O)=O. The smallest absolute Gasteiger partial charge is 0.221 e. The molecule has 0 spiro atoms. The standard InChI is InChI=1S/C16H25FN2O3S/c1-4-13(2)18-16(20)10-12-19(23(3,21)22)11-9-14-5-7-15(17)8-6-14/h5-8,13H,4,9-12H2,1-3H3,(H,18,20). The molecule has 1 aromatic carbocycles. The zero-order chi connectivity index (χ0) is 17.5. The highest BCUT2D eigenvalue weighted by Crippen LogP contribution is 2.07. The zero-order valence-corrected chi connectivity index (χ0v) is 14.7. The maximum Gasteiger partial charge on any atom is 0.221 e. The monoisotopic (exact) mass is 344 g/mol. The molecule has 5 nitrogen and oxygen atoms in total. The van der Waals surface area contributed by atoms with Crippen LogP contribution in [0.2, 0.25) is 0 Å². The highest BCUT2D eigenvalue weighted by Gasteiger charge is 2.18. The molecular formula is C16H25FN2O3S. The van der Waals surface area contributed by atoms with Crippen LogP contribution >= 0.6 is 0 Å². The van der Waals surface area contributed by atoms with Crippen molar-refractivity contribution in [3.05, 3.63) is 35.6 Å². The Kier molecular flexibility index (Phi) is 7.64. The van der Waals surface area contributed by atoms with E-state index in [1.807, 2.05) is 13.8 Å². The Morgan fingerprint density at radius 2 is 1.87 bits per heavy atom. The van der Waals surface area contributed by atoms with Gasteiger partial charge in [0.2, 0.25) is 15.9 Å². The topological polar surface area (TPSA) is 66.5 Å². The van der Waals surface area contributed by atoms with Crippen LogP contribution in [-0.2, 0) is 21.2 Å². The summed E-state index contributed by atoms with van der Waals surface area (Å²) < 4.78 is 37.8. The Hall–Kier alpha value is -1.47. The third-order valence-corrected chi connectivity index (χ3v) is 4.94. The minimum atomic E-state index is -3.39. The quantitative estimate of drug-likeness (QED) is 0.744. The molecule has 0 aromatic heterocycles. The van der Waals surface area contributed by atoms with Gasteiger partial charge in [0.05, 0.1) is 6.26 Å². The average Bonchev–Trinajstić information content (AvgIpc) is 2.47. The molecule has 1 rings (SSSR count). The van der Waals surface area contributed by atoms with Crippen molar-refractivity contribution in [2.45, 2.75) is 39.2 Å². The van der Waals surface area contributed by atoms with Crippen LogP contribution in [0.3, 0.4) is 0 Å². The van der Waals surface area contributed by atoms with E-state index in [4.69, 9.17) is 0 Å². The highest BCUT2D eigenvalue weighted by atomic mass is 32.2. The van der Waals surface area contributed by atoms with Gasteiger partial charge < -0.3 is 5.32 Å². The number of halogens is 1. The lowest BCUT2D eigenvalue weighted by Gasteiger charge is -2.20. The molecule has 23 heavy (non-hydrogen) atoms. The van der Waals surface area contributed by atoms with E-state index in [9.17, 15) is 17.6 Å². The lowest BCUT2D eigenvalue weighted by molar-refractivity contribution is -0.121. The summed E-state index contributed by atoms with van der Waals surface area (Å²) in [5, 5.41) is 2.81. The van der Waals surface area contributed by atoms with Gasteiger partial charge in [0.1, 0.15) is 5.82 Å². The Morgan fingerprint density at radius 1 is 1.26 bits per heavy atom. The minimum absolute atomic E-state index is 0.0772. The first-order chi connectivity index (χ1) is 10.7. The van der Waals surface area contributed by atoms with Gasteiger partial charge in [-0.05, 0) is 37.5 Å². The summed E-state index contributed by atoms with van der Waals surface area (Å²) in [6.45, 7) is 4.28. The van der Waals surface area contributed by atoms with Gasteiger partial charge >= 0.3 is 0 Å². The summed E-state index contributed by atoms with van der Waals surface area (Å²) in [4.78, 5) is 11.8. The maximum absolute atomic E-state index is 12.9. The predicted octanol–water partition coefficient (Wildman–Crippen LogP) is 1.93.